The minimum atomic E-state index is -1.41. The topological polar surface area (TPSA) is 85.3 Å². The number of hydrogen-bond donors (Lipinski definition) is 0. The third kappa shape index (κ3) is 5.37. The van der Waals surface area contributed by atoms with Gasteiger partial charge in [0.15, 0.2) is 5.78 Å². The zero-order valence-corrected chi connectivity index (χ0v) is 22.1. The molecule has 0 unspecified atom stereocenters. The van der Waals surface area contributed by atoms with E-state index in [0.29, 0.717) is 22.7 Å². The van der Waals surface area contributed by atoms with E-state index >= 15 is 0 Å². The molecule has 2 atom stereocenters. The van der Waals surface area contributed by atoms with E-state index in [9.17, 15) is 14.4 Å². The van der Waals surface area contributed by atoms with E-state index in [2.05, 4.69) is 5.10 Å². The quantitative estimate of drug-likeness (QED) is 0.265. The van der Waals surface area contributed by atoms with Crippen molar-refractivity contribution in [2.75, 3.05) is 12.1 Å². The highest BCUT2D eigenvalue weighted by atomic mass is 16.5. The van der Waals surface area contributed by atoms with Gasteiger partial charge >= 0.3 is 5.97 Å². The molecule has 4 rings (SSSR count). The van der Waals surface area contributed by atoms with Crippen molar-refractivity contribution in [2.24, 2.45) is 16.4 Å². The Balaban J connectivity index is 1.82. The van der Waals surface area contributed by atoms with Gasteiger partial charge in [0.2, 0.25) is 0 Å². The Morgan fingerprint density at radius 3 is 2.11 bits per heavy atom. The van der Waals surface area contributed by atoms with Gasteiger partial charge in [-0.2, -0.15) is 10.1 Å². The summed E-state index contributed by atoms with van der Waals surface area (Å²) < 4.78 is 10.9. The molecule has 0 fully saturated rings. The SMILES string of the molecule is COc1ccc(C(=O)C[C@@H](C(=O)OC(C)C)[C@]2(Cc3ccccc3)C(=O)N(c3ccccc3)N=C2C)cc1. The van der Waals surface area contributed by atoms with Gasteiger partial charge in [0.25, 0.3) is 5.91 Å². The van der Waals surface area contributed by atoms with Crippen LogP contribution in [0.2, 0.25) is 0 Å². The number of nitrogens with zero attached hydrogens (tertiary/aromatic N) is 2. The number of esters is 1. The first-order valence-electron chi connectivity index (χ1n) is 12.6. The first-order chi connectivity index (χ1) is 18.3. The second kappa shape index (κ2) is 11.4. The number of ketones is 1. The van der Waals surface area contributed by atoms with Crippen molar-refractivity contribution in [3.8, 4) is 5.75 Å². The van der Waals surface area contributed by atoms with Crippen LogP contribution in [0.25, 0.3) is 0 Å². The van der Waals surface area contributed by atoms with Crippen LogP contribution in [0.15, 0.2) is 90.0 Å². The van der Waals surface area contributed by atoms with Gasteiger partial charge in [-0.15, -0.1) is 0 Å². The van der Waals surface area contributed by atoms with Gasteiger partial charge in [-0.3, -0.25) is 14.4 Å². The third-order valence-electron chi connectivity index (χ3n) is 6.83. The fraction of sp³-hybridized carbons (Fsp3) is 0.290. The Morgan fingerprint density at radius 2 is 1.53 bits per heavy atom. The Bertz CT molecular complexity index is 1320. The van der Waals surface area contributed by atoms with Crippen molar-refractivity contribution in [1.29, 1.82) is 0 Å². The number of hydrazone groups is 1. The van der Waals surface area contributed by atoms with Crippen molar-refractivity contribution in [3.05, 3.63) is 96.1 Å². The largest absolute Gasteiger partial charge is 0.497 e. The molecule has 196 valence electrons. The molecule has 0 N–H and O–H groups in total. The van der Waals surface area contributed by atoms with Crippen molar-refractivity contribution in [2.45, 2.75) is 39.7 Å². The molecule has 1 amide bonds. The maximum atomic E-state index is 14.4. The highest BCUT2D eigenvalue weighted by Crippen LogP contribution is 2.44. The molecule has 0 aromatic heterocycles. The summed E-state index contributed by atoms with van der Waals surface area (Å²) in [7, 11) is 1.55. The first-order valence-corrected chi connectivity index (χ1v) is 12.6. The average molecular weight is 513 g/mol. The van der Waals surface area contributed by atoms with Crippen LogP contribution in [0.1, 0.15) is 43.1 Å². The maximum absolute atomic E-state index is 14.4. The second-order valence-corrected chi connectivity index (χ2v) is 9.67. The molecule has 0 aliphatic carbocycles. The number of carbonyl (C=O) groups is 3. The van der Waals surface area contributed by atoms with Gasteiger partial charge in [0.05, 0.1) is 30.5 Å². The minimum Gasteiger partial charge on any atom is -0.497 e. The van der Waals surface area contributed by atoms with Crippen molar-refractivity contribution < 1.29 is 23.9 Å². The summed E-state index contributed by atoms with van der Waals surface area (Å²) in [5.41, 5.74) is 0.908. The number of anilines is 1. The average Bonchev–Trinajstić information content (AvgIpc) is 3.17. The lowest BCUT2D eigenvalue weighted by Crippen LogP contribution is -2.51. The van der Waals surface area contributed by atoms with Crippen LogP contribution < -0.4 is 9.75 Å². The van der Waals surface area contributed by atoms with Crippen LogP contribution in [0.5, 0.6) is 5.75 Å². The van der Waals surface area contributed by atoms with Gasteiger partial charge in [-0.25, -0.2) is 0 Å². The zero-order valence-electron chi connectivity index (χ0n) is 22.1. The van der Waals surface area contributed by atoms with Crippen LogP contribution in [0.4, 0.5) is 5.69 Å². The fourth-order valence-electron chi connectivity index (χ4n) is 4.87. The highest BCUT2D eigenvalue weighted by Gasteiger charge is 2.58. The summed E-state index contributed by atoms with van der Waals surface area (Å²) in [6.07, 6.45) is -0.445. The standard InChI is InChI=1S/C31H32N2O5/c1-21(2)38-29(35)27(19-28(34)24-15-17-26(37-4)18-16-24)31(20-23-11-7-5-8-12-23)22(3)32-33(30(31)36)25-13-9-6-10-14-25/h5-18,21,27H,19-20H2,1-4H3/t27-,31+/m0/s1. The highest BCUT2D eigenvalue weighted by molar-refractivity contribution is 6.21. The first kappa shape index (κ1) is 26.8. The minimum absolute atomic E-state index is 0.194. The smallest absolute Gasteiger partial charge is 0.311 e. The number of para-hydroxylation sites is 1. The Morgan fingerprint density at radius 1 is 0.921 bits per heavy atom. The van der Waals surface area contributed by atoms with Crippen LogP contribution in [-0.4, -0.2) is 36.6 Å². The molecule has 38 heavy (non-hydrogen) atoms. The van der Waals surface area contributed by atoms with Gasteiger partial charge in [0.1, 0.15) is 11.2 Å². The summed E-state index contributed by atoms with van der Waals surface area (Å²) in [6, 6.07) is 25.2. The molecule has 7 nitrogen and oxygen atoms in total. The molecule has 0 saturated heterocycles. The number of benzene rings is 3. The maximum Gasteiger partial charge on any atom is 0.311 e. The molecule has 3 aromatic carbocycles. The zero-order chi connectivity index (χ0) is 27.3. The lowest BCUT2D eigenvalue weighted by Gasteiger charge is -2.35. The number of rotatable bonds is 10. The second-order valence-electron chi connectivity index (χ2n) is 9.67. The van der Waals surface area contributed by atoms with E-state index in [4.69, 9.17) is 9.47 Å². The summed E-state index contributed by atoms with van der Waals surface area (Å²) in [5, 5.41) is 5.98. The molecular formula is C31H32N2O5. The Hall–Kier alpha value is -4.26. The van der Waals surface area contributed by atoms with Crippen molar-refractivity contribution in [1.82, 2.24) is 0 Å². The Labute approximate surface area is 223 Å². The molecule has 0 spiro atoms. The van der Waals surface area contributed by atoms with Gasteiger partial charge < -0.3 is 9.47 Å². The van der Waals surface area contributed by atoms with Crippen LogP contribution in [0, 0.1) is 11.3 Å². The number of Topliss-reactive ketones (excluding diaryl/α,β-unsaturated/α-hetero) is 1. The van der Waals surface area contributed by atoms with E-state index in [1.165, 1.54) is 5.01 Å². The molecule has 0 saturated carbocycles. The molecular weight excluding hydrogens is 480 g/mol. The summed E-state index contributed by atoms with van der Waals surface area (Å²) >= 11 is 0. The van der Waals surface area contributed by atoms with Crippen LogP contribution in [-0.2, 0) is 20.7 Å². The van der Waals surface area contributed by atoms with Crippen LogP contribution in [0.3, 0.4) is 0 Å². The van der Waals surface area contributed by atoms with E-state index < -0.39 is 23.4 Å². The monoisotopic (exact) mass is 512 g/mol. The normalized spacial score (nSPS) is 17.8. The van der Waals surface area contributed by atoms with E-state index in [1.54, 1.807) is 64.3 Å². The summed E-state index contributed by atoms with van der Waals surface area (Å²) in [6.45, 7) is 5.24. The fourth-order valence-corrected chi connectivity index (χ4v) is 4.87. The lowest BCUT2D eigenvalue weighted by atomic mass is 9.66. The van der Waals surface area contributed by atoms with Crippen molar-refractivity contribution >= 4 is 29.1 Å². The molecule has 0 radical (unpaired) electrons. The molecule has 3 aromatic rings. The summed E-state index contributed by atoms with van der Waals surface area (Å²) in [4.78, 5) is 41.6. The molecule has 1 aliphatic heterocycles. The molecule has 0 bridgehead atoms. The number of methoxy groups -OCH3 is 1. The molecule has 7 heteroatoms. The van der Waals surface area contributed by atoms with E-state index in [-0.39, 0.29) is 24.5 Å². The van der Waals surface area contributed by atoms with Crippen LogP contribution >= 0.6 is 0 Å². The number of ether oxygens (including phenoxy) is 2. The molecule has 1 heterocycles. The lowest BCUT2D eigenvalue weighted by molar-refractivity contribution is -0.158. The van der Waals surface area contributed by atoms with E-state index in [1.807, 2.05) is 48.5 Å². The summed E-state index contributed by atoms with van der Waals surface area (Å²) in [5.74, 6) is -1.71. The molecule has 1 aliphatic rings. The Kier molecular flexibility index (Phi) is 8.05. The predicted molar refractivity (Wildman–Crippen MR) is 146 cm³/mol. The number of carbonyl (C=O) groups excluding carboxylic acids is 3. The predicted octanol–water partition coefficient (Wildman–Crippen LogP) is 5.49. The van der Waals surface area contributed by atoms with E-state index in [0.717, 1.165) is 5.56 Å². The van der Waals surface area contributed by atoms with Gasteiger partial charge in [-0.1, -0.05) is 48.5 Å². The third-order valence-corrected chi connectivity index (χ3v) is 6.83. The van der Waals surface area contributed by atoms with Gasteiger partial charge in [0, 0.05) is 12.0 Å². The van der Waals surface area contributed by atoms with Gasteiger partial charge in [-0.05, 0) is 69.2 Å². The number of hydrogen-bond acceptors (Lipinski definition) is 6. The number of amides is 1. The van der Waals surface area contributed by atoms with Crippen molar-refractivity contribution in [3.63, 3.8) is 0 Å².